The van der Waals surface area contributed by atoms with Gasteiger partial charge in [0.05, 0.1) is 23.5 Å². The molecule has 0 spiro atoms. The molecule has 0 saturated heterocycles. The third kappa shape index (κ3) is 7.49. The Bertz CT molecular complexity index is 1560. The van der Waals surface area contributed by atoms with E-state index in [1.54, 1.807) is 34.0 Å². The highest BCUT2D eigenvalue weighted by Crippen LogP contribution is 2.29. The number of hydrogen-bond donors (Lipinski definition) is 3. The van der Waals surface area contributed by atoms with Crippen LogP contribution in [0.2, 0.25) is 0 Å². The van der Waals surface area contributed by atoms with Crippen LogP contribution < -0.4 is 25.4 Å². The van der Waals surface area contributed by atoms with E-state index in [4.69, 9.17) is 9.47 Å². The van der Waals surface area contributed by atoms with Crippen molar-refractivity contribution < 1.29 is 33.0 Å². The monoisotopic (exact) mass is 607 g/mol. The molecule has 2 aliphatic heterocycles. The lowest BCUT2D eigenvalue weighted by Gasteiger charge is -2.25. The van der Waals surface area contributed by atoms with Gasteiger partial charge in [-0.1, -0.05) is 19.1 Å². The van der Waals surface area contributed by atoms with E-state index in [2.05, 4.69) is 26.3 Å². The highest BCUT2D eigenvalue weighted by Gasteiger charge is 2.26. The van der Waals surface area contributed by atoms with Crippen LogP contribution in [0.5, 0.6) is 11.5 Å². The smallest absolute Gasteiger partial charge is 0.262 e. The molecular formula is C30H34FN7O6. The molecule has 3 heterocycles. The Kier molecular flexibility index (Phi) is 9.36. The molecule has 2 aromatic carbocycles. The van der Waals surface area contributed by atoms with Gasteiger partial charge >= 0.3 is 0 Å². The number of fused-ring (bicyclic) bond motifs is 4. The van der Waals surface area contributed by atoms with E-state index in [-0.39, 0.29) is 61.9 Å². The fourth-order valence-electron chi connectivity index (χ4n) is 4.95. The number of benzene rings is 2. The van der Waals surface area contributed by atoms with E-state index in [0.29, 0.717) is 42.1 Å². The molecule has 3 aromatic rings. The number of nitrogens with one attached hydrogen (secondary N) is 3. The number of amides is 4. The molecule has 44 heavy (non-hydrogen) atoms. The lowest BCUT2D eigenvalue weighted by Crippen LogP contribution is -2.49. The maximum absolute atomic E-state index is 14.1. The van der Waals surface area contributed by atoms with Crippen molar-refractivity contribution in [3.63, 3.8) is 0 Å². The van der Waals surface area contributed by atoms with Crippen LogP contribution in [-0.2, 0) is 22.6 Å². The topological polar surface area (TPSA) is 157 Å². The van der Waals surface area contributed by atoms with Crippen molar-refractivity contribution in [1.29, 1.82) is 0 Å². The zero-order valence-electron chi connectivity index (χ0n) is 24.5. The summed E-state index contributed by atoms with van der Waals surface area (Å²) in [6.45, 7) is 4.67. The fraction of sp³-hybridized carbons (Fsp3) is 0.400. The predicted octanol–water partition coefficient (Wildman–Crippen LogP) is 1.79. The first-order chi connectivity index (χ1) is 21.2. The molecule has 5 rings (SSSR count). The van der Waals surface area contributed by atoms with Crippen LogP contribution >= 0.6 is 0 Å². The number of carbonyl (C=O) groups is 4. The van der Waals surface area contributed by atoms with Gasteiger partial charge in [-0.25, -0.2) is 9.07 Å². The Hall–Kier alpha value is -5.01. The Morgan fingerprint density at radius 3 is 2.73 bits per heavy atom. The molecule has 0 fully saturated rings. The zero-order valence-corrected chi connectivity index (χ0v) is 24.5. The van der Waals surface area contributed by atoms with Crippen molar-refractivity contribution in [2.75, 3.05) is 38.2 Å². The molecule has 3 N–H and O–H groups in total. The number of rotatable bonds is 3. The van der Waals surface area contributed by atoms with Gasteiger partial charge in [0.2, 0.25) is 5.91 Å². The van der Waals surface area contributed by atoms with Crippen molar-refractivity contribution in [2.24, 2.45) is 5.92 Å². The standard InChI is InChI=1S/C30H34FN7O6/c1-18(2)13-24-29(41)32-8-10-37(30(42)19-3-5-23-26(14-19)44-17-27(39)33-23)9-7-21-16-38(36-35-21)11-12-43-25-6-4-20(31)15-22(25)28(40)34-24/h3-6,14-16,18,24H,7-13,17H2,1-2H3,(H,32,41)(H,33,39)(H,34,40)/t24-/m1/s1. The summed E-state index contributed by atoms with van der Waals surface area (Å²) < 4.78 is 27.0. The molecule has 0 radical (unpaired) electrons. The van der Waals surface area contributed by atoms with Crippen LogP contribution in [0.15, 0.2) is 42.6 Å². The van der Waals surface area contributed by atoms with E-state index >= 15 is 0 Å². The van der Waals surface area contributed by atoms with Gasteiger partial charge in [0, 0.05) is 37.8 Å². The van der Waals surface area contributed by atoms with Crippen LogP contribution in [0.3, 0.4) is 0 Å². The minimum Gasteiger partial charge on any atom is -0.491 e. The van der Waals surface area contributed by atoms with Gasteiger partial charge in [0.1, 0.15) is 30.0 Å². The quantitative estimate of drug-likeness (QED) is 0.407. The van der Waals surface area contributed by atoms with E-state index in [9.17, 15) is 23.6 Å². The van der Waals surface area contributed by atoms with Gasteiger partial charge in [-0.15, -0.1) is 5.10 Å². The average Bonchev–Trinajstić information content (AvgIpc) is 3.45. The molecular weight excluding hydrogens is 573 g/mol. The number of halogens is 1. The van der Waals surface area contributed by atoms with Crippen LogP contribution in [0.4, 0.5) is 10.1 Å². The summed E-state index contributed by atoms with van der Waals surface area (Å²) in [5.41, 5.74) is 1.44. The predicted molar refractivity (Wildman–Crippen MR) is 156 cm³/mol. The second-order valence-corrected chi connectivity index (χ2v) is 11.0. The largest absolute Gasteiger partial charge is 0.491 e. The van der Waals surface area contributed by atoms with Crippen molar-refractivity contribution in [1.82, 2.24) is 30.5 Å². The highest BCUT2D eigenvalue weighted by molar-refractivity contribution is 6.00. The maximum Gasteiger partial charge on any atom is 0.262 e. The van der Waals surface area contributed by atoms with Gasteiger partial charge in [-0.3, -0.25) is 19.2 Å². The minimum atomic E-state index is -0.903. The number of nitrogens with zero attached hydrogens (tertiary/aromatic N) is 4. The molecule has 2 bridgehead atoms. The lowest BCUT2D eigenvalue weighted by atomic mass is 10.0. The Morgan fingerprint density at radius 2 is 1.91 bits per heavy atom. The van der Waals surface area contributed by atoms with Crippen molar-refractivity contribution in [3.05, 3.63) is 65.2 Å². The molecule has 232 valence electrons. The second kappa shape index (κ2) is 13.5. The van der Waals surface area contributed by atoms with E-state index in [1.807, 2.05) is 13.8 Å². The molecule has 2 aliphatic rings. The summed E-state index contributed by atoms with van der Waals surface area (Å²) >= 11 is 0. The highest BCUT2D eigenvalue weighted by atomic mass is 19.1. The normalized spacial score (nSPS) is 18.0. The van der Waals surface area contributed by atoms with Crippen molar-refractivity contribution in [3.8, 4) is 11.5 Å². The molecule has 1 aromatic heterocycles. The number of aromatic nitrogens is 3. The first kappa shape index (κ1) is 30.4. The summed E-state index contributed by atoms with van der Waals surface area (Å²) in [6, 6.07) is 7.54. The summed E-state index contributed by atoms with van der Waals surface area (Å²) in [6.07, 6.45) is 2.47. The second-order valence-electron chi connectivity index (χ2n) is 11.0. The fourth-order valence-corrected chi connectivity index (χ4v) is 4.95. The summed E-state index contributed by atoms with van der Waals surface area (Å²) in [7, 11) is 0. The first-order valence-electron chi connectivity index (χ1n) is 14.4. The molecule has 14 heteroatoms. The number of hydrogen-bond acceptors (Lipinski definition) is 8. The SMILES string of the molecule is CC(C)C[C@H]1NC(=O)c2cc(F)ccc2OCCn2cc(nn2)CCN(C(=O)c2ccc3c(c2)OCC(=O)N3)CCNC1=O. The maximum atomic E-state index is 14.1. The van der Waals surface area contributed by atoms with Gasteiger partial charge in [0.15, 0.2) is 6.61 Å². The lowest BCUT2D eigenvalue weighted by molar-refractivity contribution is -0.123. The Labute approximate surface area is 253 Å². The Morgan fingerprint density at radius 1 is 1.07 bits per heavy atom. The van der Waals surface area contributed by atoms with Crippen molar-refractivity contribution >= 4 is 29.3 Å². The third-order valence-corrected chi connectivity index (χ3v) is 7.15. The summed E-state index contributed by atoms with van der Waals surface area (Å²) in [4.78, 5) is 53.4. The summed E-state index contributed by atoms with van der Waals surface area (Å²) in [5, 5.41) is 16.6. The van der Waals surface area contributed by atoms with E-state index < -0.39 is 23.7 Å². The number of anilines is 1. The molecule has 1 atom stereocenters. The van der Waals surface area contributed by atoms with Gasteiger partial charge in [0.25, 0.3) is 17.7 Å². The van der Waals surface area contributed by atoms with E-state index in [0.717, 1.165) is 6.07 Å². The Balaban J connectivity index is 1.38. The third-order valence-electron chi connectivity index (χ3n) is 7.15. The van der Waals surface area contributed by atoms with Crippen LogP contribution in [-0.4, -0.2) is 82.4 Å². The minimum absolute atomic E-state index is 0.0303. The molecule has 0 saturated carbocycles. The van der Waals surface area contributed by atoms with Gasteiger partial charge in [-0.2, -0.15) is 0 Å². The first-order valence-corrected chi connectivity index (χ1v) is 14.4. The zero-order chi connectivity index (χ0) is 31.2. The van der Waals surface area contributed by atoms with Gasteiger partial charge < -0.3 is 30.3 Å². The van der Waals surface area contributed by atoms with Crippen LogP contribution in [0, 0.1) is 11.7 Å². The molecule has 4 amide bonds. The van der Waals surface area contributed by atoms with Crippen molar-refractivity contribution in [2.45, 2.75) is 39.3 Å². The van der Waals surface area contributed by atoms with Crippen LogP contribution in [0.25, 0.3) is 0 Å². The van der Waals surface area contributed by atoms with Gasteiger partial charge in [-0.05, 0) is 48.7 Å². The van der Waals surface area contributed by atoms with Crippen LogP contribution in [0.1, 0.15) is 46.7 Å². The summed E-state index contributed by atoms with van der Waals surface area (Å²) in [5.74, 6) is -1.64. The van der Waals surface area contributed by atoms with E-state index in [1.165, 1.54) is 12.1 Å². The number of ether oxygens (including phenoxy) is 2. The number of carbonyl (C=O) groups excluding carboxylic acids is 4. The molecule has 13 nitrogen and oxygen atoms in total. The molecule has 0 aliphatic carbocycles. The average molecular weight is 608 g/mol. The molecule has 0 unspecified atom stereocenters.